The van der Waals surface area contributed by atoms with E-state index in [1.807, 2.05) is 0 Å². The number of benzene rings is 1. The number of carbonyl (C=O) groups is 2. The zero-order chi connectivity index (χ0) is 12.8. The third-order valence-electron chi connectivity index (χ3n) is 2.08. The highest BCUT2D eigenvalue weighted by molar-refractivity contribution is 6.19. The molecule has 1 atom stereocenters. The molecule has 0 aliphatic rings. The Labute approximate surface area is 104 Å². The first kappa shape index (κ1) is 13.3. The zero-order valence-electron chi connectivity index (χ0n) is 9.37. The summed E-state index contributed by atoms with van der Waals surface area (Å²) in [6.45, 7) is 1.73. The fraction of sp³-hybridized carbons (Fsp3) is 0.273. The van der Waals surface area contributed by atoms with Crippen LogP contribution in [0.4, 0.5) is 16.2 Å². The van der Waals surface area contributed by atoms with Crippen molar-refractivity contribution >= 4 is 34.9 Å². The van der Waals surface area contributed by atoms with Crippen LogP contribution in [0.3, 0.4) is 0 Å². The molecule has 0 aromatic heterocycles. The Kier molecular flexibility index (Phi) is 4.78. The van der Waals surface area contributed by atoms with Crippen LogP contribution in [-0.2, 0) is 4.79 Å². The summed E-state index contributed by atoms with van der Waals surface area (Å²) in [5.74, 6) is -0.189. The highest BCUT2D eigenvalue weighted by Crippen LogP contribution is 2.15. The van der Waals surface area contributed by atoms with E-state index < -0.39 is 6.03 Å². The van der Waals surface area contributed by atoms with Gasteiger partial charge in [-0.15, -0.1) is 11.6 Å². The van der Waals surface area contributed by atoms with Gasteiger partial charge in [-0.2, -0.15) is 0 Å². The number of primary amides is 1. The molecule has 4 N–H and O–H groups in total. The van der Waals surface area contributed by atoms with Gasteiger partial charge in [0.25, 0.3) is 0 Å². The standard InChI is InChI=1S/C11H14ClN3O2/c1-7(6-12)10(16)14-8-3-2-4-9(5-8)15-11(13)17/h2-5,7H,6H2,1H3,(H,14,16)(H3,13,15,17). The largest absolute Gasteiger partial charge is 0.351 e. The number of carbonyl (C=O) groups excluding carboxylic acids is 2. The van der Waals surface area contributed by atoms with Crippen LogP contribution in [-0.4, -0.2) is 17.8 Å². The van der Waals surface area contributed by atoms with Gasteiger partial charge in [-0.3, -0.25) is 4.79 Å². The first-order valence-corrected chi connectivity index (χ1v) is 5.59. The first-order chi connectivity index (χ1) is 8.02. The van der Waals surface area contributed by atoms with Crippen LogP contribution >= 0.6 is 11.6 Å². The number of hydrogen-bond donors (Lipinski definition) is 3. The van der Waals surface area contributed by atoms with Crippen molar-refractivity contribution < 1.29 is 9.59 Å². The summed E-state index contributed by atoms with van der Waals surface area (Å²) in [6, 6.07) is 6.05. The van der Waals surface area contributed by atoms with Gasteiger partial charge in [-0.05, 0) is 18.2 Å². The lowest BCUT2D eigenvalue weighted by Gasteiger charge is -2.10. The summed E-state index contributed by atoms with van der Waals surface area (Å²) in [7, 11) is 0. The molecule has 1 unspecified atom stereocenters. The quantitative estimate of drug-likeness (QED) is 0.719. The van der Waals surface area contributed by atoms with Gasteiger partial charge in [0.2, 0.25) is 5.91 Å². The fourth-order valence-electron chi connectivity index (χ4n) is 1.15. The van der Waals surface area contributed by atoms with E-state index in [-0.39, 0.29) is 17.7 Å². The smallest absolute Gasteiger partial charge is 0.316 e. The van der Waals surface area contributed by atoms with Gasteiger partial charge in [0, 0.05) is 23.2 Å². The van der Waals surface area contributed by atoms with E-state index in [4.69, 9.17) is 17.3 Å². The lowest BCUT2D eigenvalue weighted by Crippen LogP contribution is -2.22. The van der Waals surface area contributed by atoms with Gasteiger partial charge >= 0.3 is 6.03 Å². The van der Waals surface area contributed by atoms with Crippen molar-refractivity contribution in [3.8, 4) is 0 Å². The van der Waals surface area contributed by atoms with E-state index in [1.165, 1.54) is 0 Å². The van der Waals surface area contributed by atoms with Crippen LogP contribution in [0.15, 0.2) is 24.3 Å². The van der Waals surface area contributed by atoms with Gasteiger partial charge in [-0.25, -0.2) is 4.79 Å². The minimum atomic E-state index is -0.650. The zero-order valence-corrected chi connectivity index (χ0v) is 10.1. The van der Waals surface area contributed by atoms with Crippen LogP contribution < -0.4 is 16.4 Å². The highest BCUT2D eigenvalue weighted by Gasteiger charge is 2.11. The molecular weight excluding hydrogens is 242 g/mol. The second-order valence-corrected chi connectivity index (χ2v) is 3.92. The summed E-state index contributed by atoms with van der Waals surface area (Å²) >= 11 is 5.58. The lowest BCUT2D eigenvalue weighted by atomic mass is 10.2. The number of amides is 3. The highest BCUT2D eigenvalue weighted by atomic mass is 35.5. The molecule has 0 fully saturated rings. The predicted molar refractivity (Wildman–Crippen MR) is 68.2 cm³/mol. The summed E-state index contributed by atoms with van der Waals surface area (Å²) in [6.07, 6.45) is 0. The SMILES string of the molecule is CC(CCl)C(=O)Nc1cccc(NC(N)=O)c1. The molecular formula is C11H14ClN3O2. The molecule has 0 bridgehead atoms. The Morgan fingerprint density at radius 1 is 1.35 bits per heavy atom. The molecule has 92 valence electrons. The number of nitrogens with one attached hydrogen (secondary N) is 2. The molecule has 1 aromatic carbocycles. The number of hydrogen-bond acceptors (Lipinski definition) is 2. The maximum Gasteiger partial charge on any atom is 0.316 e. The molecule has 3 amide bonds. The minimum Gasteiger partial charge on any atom is -0.351 e. The van der Waals surface area contributed by atoms with Crippen LogP contribution in [0.1, 0.15) is 6.92 Å². The molecule has 1 rings (SSSR count). The first-order valence-electron chi connectivity index (χ1n) is 5.06. The van der Waals surface area contributed by atoms with Crippen molar-refractivity contribution in [1.29, 1.82) is 0 Å². The predicted octanol–water partition coefficient (Wildman–Crippen LogP) is 1.99. The topological polar surface area (TPSA) is 84.2 Å². The van der Waals surface area contributed by atoms with Gasteiger partial charge < -0.3 is 16.4 Å². The number of urea groups is 1. The molecule has 0 spiro atoms. The number of halogens is 1. The minimum absolute atomic E-state index is 0.170. The Morgan fingerprint density at radius 3 is 2.47 bits per heavy atom. The Bertz CT molecular complexity index is 423. The summed E-state index contributed by atoms with van der Waals surface area (Å²) in [5, 5.41) is 5.11. The normalized spacial score (nSPS) is 11.6. The molecule has 17 heavy (non-hydrogen) atoms. The van der Waals surface area contributed by atoms with E-state index >= 15 is 0 Å². The second-order valence-electron chi connectivity index (χ2n) is 3.61. The molecule has 0 radical (unpaired) electrons. The summed E-state index contributed by atoms with van der Waals surface area (Å²) in [4.78, 5) is 22.2. The van der Waals surface area contributed by atoms with Crippen molar-refractivity contribution in [3.05, 3.63) is 24.3 Å². The second kappa shape index (κ2) is 6.10. The van der Waals surface area contributed by atoms with E-state index in [0.717, 1.165) is 0 Å². The van der Waals surface area contributed by atoms with Crippen LogP contribution in [0, 0.1) is 5.92 Å². The van der Waals surface area contributed by atoms with Gasteiger partial charge in [0.1, 0.15) is 0 Å². The lowest BCUT2D eigenvalue weighted by molar-refractivity contribution is -0.118. The third-order valence-corrected chi connectivity index (χ3v) is 2.54. The Balaban J connectivity index is 2.72. The molecule has 1 aromatic rings. The Morgan fingerprint density at radius 2 is 1.94 bits per heavy atom. The van der Waals surface area contributed by atoms with Crippen molar-refractivity contribution in [2.45, 2.75) is 6.92 Å². The van der Waals surface area contributed by atoms with Crippen molar-refractivity contribution in [1.82, 2.24) is 0 Å². The molecule has 0 heterocycles. The van der Waals surface area contributed by atoms with Gasteiger partial charge in [-0.1, -0.05) is 13.0 Å². The molecule has 5 nitrogen and oxygen atoms in total. The van der Waals surface area contributed by atoms with E-state index in [0.29, 0.717) is 11.4 Å². The van der Waals surface area contributed by atoms with E-state index in [9.17, 15) is 9.59 Å². The monoisotopic (exact) mass is 255 g/mol. The van der Waals surface area contributed by atoms with Gasteiger partial charge in [0.15, 0.2) is 0 Å². The van der Waals surface area contributed by atoms with Crippen molar-refractivity contribution in [2.75, 3.05) is 16.5 Å². The molecule has 0 saturated heterocycles. The molecule has 6 heteroatoms. The van der Waals surface area contributed by atoms with Crippen LogP contribution in [0.25, 0.3) is 0 Å². The Hall–Kier alpha value is -1.75. The van der Waals surface area contributed by atoms with Gasteiger partial charge in [0.05, 0.1) is 0 Å². The summed E-state index contributed by atoms with van der Waals surface area (Å²) in [5.41, 5.74) is 6.09. The average Bonchev–Trinajstić information content (AvgIpc) is 2.27. The molecule has 0 aliphatic carbocycles. The molecule has 0 saturated carbocycles. The number of anilines is 2. The summed E-state index contributed by atoms with van der Waals surface area (Å²) < 4.78 is 0. The number of rotatable bonds is 4. The van der Waals surface area contributed by atoms with Crippen LogP contribution in [0.5, 0.6) is 0 Å². The third kappa shape index (κ3) is 4.32. The maximum absolute atomic E-state index is 11.6. The number of nitrogens with two attached hydrogens (primary N) is 1. The van der Waals surface area contributed by atoms with Crippen molar-refractivity contribution in [3.63, 3.8) is 0 Å². The number of alkyl halides is 1. The average molecular weight is 256 g/mol. The maximum atomic E-state index is 11.6. The fourth-order valence-corrected chi connectivity index (χ4v) is 1.29. The van der Waals surface area contributed by atoms with E-state index in [2.05, 4.69) is 10.6 Å². The molecule has 0 aliphatic heterocycles. The van der Waals surface area contributed by atoms with Crippen molar-refractivity contribution in [2.24, 2.45) is 11.7 Å². The van der Waals surface area contributed by atoms with E-state index in [1.54, 1.807) is 31.2 Å². The van der Waals surface area contributed by atoms with Crippen LogP contribution in [0.2, 0.25) is 0 Å².